The lowest BCUT2D eigenvalue weighted by Crippen LogP contribution is -2.37. The number of Topliss-reactive ketones (excluding diaryl/α,β-unsaturated/α-hetero) is 1. The van der Waals surface area contributed by atoms with E-state index >= 15 is 0 Å². The number of benzene rings is 2. The van der Waals surface area contributed by atoms with Gasteiger partial charge in [0.15, 0.2) is 10.9 Å². The smallest absolute Gasteiger partial charge is 0.257 e. The van der Waals surface area contributed by atoms with E-state index in [9.17, 15) is 9.59 Å². The van der Waals surface area contributed by atoms with Crippen LogP contribution in [0.3, 0.4) is 0 Å². The maximum atomic E-state index is 13.6. The number of nitrogens with one attached hydrogen (secondary N) is 2. The van der Waals surface area contributed by atoms with Gasteiger partial charge in [-0.15, -0.1) is 0 Å². The Morgan fingerprint density at radius 1 is 1.06 bits per heavy atom. The van der Waals surface area contributed by atoms with Crippen molar-refractivity contribution in [3.8, 4) is 11.5 Å². The molecule has 8 heteroatoms. The third-order valence-corrected chi connectivity index (χ3v) is 7.61. The molecule has 1 unspecified atom stereocenters. The number of carbonyl (C=O) groups is 1. The predicted molar refractivity (Wildman–Crippen MR) is 141 cm³/mol. The number of ketones is 1. The lowest BCUT2D eigenvalue weighted by molar-refractivity contribution is -0.118. The van der Waals surface area contributed by atoms with Crippen LogP contribution >= 0.6 is 11.8 Å². The molecule has 7 nitrogen and oxygen atoms in total. The van der Waals surface area contributed by atoms with Gasteiger partial charge in [-0.05, 0) is 35.6 Å². The van der Waals surface area contributed by atoms with Crippen LogP contribution < -0.4 is 20.3 Å². The van der Waals surface area contributed by atoms with Crippen molar-refractivity contribution in [1.82, 2.24) is 9.97 Å². The number of allylic oxidation sites excluding steroid dienone is 2. The summed E-state index contributed by atoms with van der Waals surface area (Å²) in [4.78, 5) is 34.9. The Morgan fingerprint density at radius 2 is 1.83 bits per heavy atom. The van der Waals surface area contributed by atoms with E-state index in [1.54, 1.807) is 26.4 Å². The third kappa shape index (κ3) is 4.53. The number of anilines is 1. The summed E-state index contributed by atoms with van der Waals surface area (Å²) in [6.45, 7) is 4.17. The SMILES string of the molecule is COc1ccc(OC)c(C2C3=C(CC(C)(C)CC3=O)Nc3nc(SCc4ccccc4)[nH]c(=O)c32)c1. The zero-order valence-corrected chi connectivity index (χ0v) is 21.6. The molecule has 0 saturated heterocycles. The first kappa shape index (κ1) is 24.2. The van der Waals surface area contributed by atoms with Crippen LogP contribution in [0.4, 0.5) is 5.82 Å². The number of hydrogen-bond donors (Lipinski definition) is 2. The van der Waals surface area contributed by atoms with Crippen LogP contribution in [0.15, 0.2) is 69.8 Å². The third-order valence-electron chi connectivity index (χ3n) is 6.67. The van der Waals surface area contributed by atoms with E-state index in [1.165, 1.54) is 11.8 Å². The molecule has 0 amide bonds. The van der Waals surface area contributed by atoms with Gasteiger partial charge in [-0.3, -0.25) is 9.59 Å². The van der Waals surface area contributed by atoms with Gasteiger partial charge in [0.1, 0.15) is 17.3 Å². The zero-order valence-electron chi connectivity index (χ0n) is 20.8. The van der Waals surface area contributed by atoms with E-state index in [0.29, 0.717) is 57.8 Å². The van der Waals surface area contributed by atoms with Crippen molar-refractivity contribution in [1.29, 1.82) is 0 Å². The first-order valence-corrected chi connectivity index (χ1v) is 12.8. The van der Waals surface area contributed by atoms with Crippen molar-refractivity contribution in [3.63, 3.8) is 0 Å². The Balaban J connectivity index is 1.65. The molecule has 186 valence electrons. The number of aromatic nitrogens is 2. The highest BCUT2D eigenvalue weighted by molar-refractivity contribution is 7.98. The Bertz CT molecular complexity index is 1410. The molecule has 2 aliphatic rings. The predicted octanol–water partition coefficient (Wildman–Crippen LogP) is 5.28. The minimum Gasteiger partial charge on any atom is -0.497 e. The van der Waals surface area contributed by atoms with Crippen molar-refractivity contribution in [2.45, 2.75) is 43.5 Å². The highest BCUT2D eigenvalue weighted by atomic mass is 32.2. The van der Waals surface area contributed by atoms with Crippen molar-refractivity contribution < 1.29 is 14.3 Å². The minimum atomic E-state index is -0.616. The molecule has 36 heavy (non-hydrogen) atoms. The van der Waals surface area contributed by atoms with Gasteiger partial charge in [0, 0.05) is 29.0 Å². The Kier molecular flexibility index (Phi) is 6.38. The largest absolute Gasteiger partial charge is 0.497 e. The standard InChI is InChI=1S/C28H29N3O4S/c1-28(2)13-19-23(20(32)14-28)22(18-12-17(34-3)10-11-21(18)35-4)24-25(29-19)30-27(31-26(24)33)36-15-16-8-6-5-7-9-16/h5-12,22H,13-15H2,1-4H3,(H2,29,30,31,33). The van der Waals surface area contributed by atoms with Gasteiger partial charge in [0.25, 0.3) is 5.56 Å². The number of thioether (sulfide) groups is 1. The summed E-state index contributed by atoms with van der Waals surface area (Å²) in [6.07, 6.45) is 1.08. The molecule has 1 aliphatic carbocycles. The molecule has 1 atom stereocenters. The van der Waals surface area contributed by atoms with Crippen molar-refractivity contribution in [3.05, 3.63) is 86.8 Å². The van der Waals surface area contributed by atoms with Crippen LogP contribution in [0.2, 0.25) is 0 Å². The van der Waals surface area contributed by atoms with E-state index in [2.05, 4.69) is 24.1 Å². The Labute approximate surface area is 214 Å². The van der Waals surface area contributed by atoms with Crippen molar-refractivity contribution in [2.24, 2.45) is 5.41 Å². The van der Waals surface area contributed by atoms with Gasteiger partial charge in [0.2, 0.25) is 0 Å². The quantitative estimate of drug-likeness (QED) is 0.349. The van der Waals surface area contributed by atoms with Crippen LogP contribution in [0, 0.1) is 5.41 Å². The van der Waals surface area contributed by atoms with Crippen molar-refractivity contribution >= 4 is 23.4 Å². The fourth-order valence-corrected chi connectivity index (χ4v) is 5.88. The summed E-state index contributed by atoms with van der Waals surface area (Å²) in [6, 6.07) is 15.5. The zero-order chi connectivity index (χ0) is 25.4. The summed E-state index contributed by atoms with van der Waals surface area (Å²) in [7, 11) is 3.17. The van der Waals surface area contributed by atoms with Gasteiger partial charge in [0.05, 0.1) is 25.7 Å². The lowest BCUT2D eigenvalue weighted by Gasteiger charge is -2.38. The number of H-pyrrole nitrogens is 1. The van der Waals surface area contributed by atoms with Crippen LogP contribution in [0.25, 0.3) is 0 Å². The average molecular weight is 504 g/mol. The average Bonchev–Trinajstić information content (AvgIpc) is 2.85. The molecule has 3 aromatic rings. The molecule has 2 heterocycles. The number of ether oxygens (including phenoxy) is 2. The molecule has 0 saturated carbocycles. The monoisotopic (exact) mass is 503 g/mol. The number of nitrogens with zero attached hydrogens (tertiary/aromatic N) is 1. The summed E-state index contributed by atoms with van der Waals surface area (Å²) in [5.41, 5.74) is 3.20. The molecular formula is C28H29N3O4S. The fourth-order valence-electron chi connectivity index (χ4n) is 5.06. The molecule has 1 aliphatic heterocycles. The van der Waals surface area contributed by atoms with Gasteiger partial charge in [-0.2, -0.15) is 0 Å². The molecule has 0 radical (unpaired) electrons. The molecular weight excluding hydrogens is 474 g/mol. The number of carbonyl (C=O) groups excluding carboxylic acids is 1. The summed E-state index contributed by atoms with van der Waals surface area (Å²) in [5, 5.41) is 3.90. The topological polar surface area (TPSA) is 93.3 Å². The van der Waals surface area contributed by atoms with Crippen LogP contribution in [0.5, 0.6) is 11.5 Å². The number of aromatic amines is 1. The van der Waals surface area contributed by atoms with Crippen LogP contribution in [-0.4, -0.2) is 30.0 Å². The minimum absolute atomic E-state index is 0.0243. The maximum absolute atomic E-state index is 13.6. The molecule has 0 spiro atoms. The highest BCUT2D eigenvalue weighted by Crippen LogP contribution is 2.49. The van der Waals surface area contributed by atoms with Crippen molar-refractivity contribution in [2.75, 3.05) is 19.5 Å². The lowest BCUT2D eigenvalue weighted by atomic mass is 9.69. The van der Waals surface area contributed by atoms with Gasteiger partial charge in [-0.25, -0.2) is 4.98 Å². The van der Waals surface area contributed by atoms with Gasteiger partial charge in [-0.1, -0.05) is 55.9 Å². The Hall–Kier alpha value is -3.52. The van der Waals surface area contributed by atoms with Gasteiger partial charge < -0.3 is 19.8 Å². The summed E-state index contributed by atoms with van der Waals surface area (Å²) < 4.78 is 11.1. The molecule has 5 rings (SSSR count). The fraction of sp³-hybridized carbons (Fsp3) is 0.321. The second kappa shape index (κ2) is 9.50. The van der Waals surface area contributed by atoms with E-state index < -0.39 is 5.92 Å². The molecule has 0 bridgehead atoms. The van der Waals surface area contributed by atoms with Crippen LogP contribution in [0.1, 0.15) is 49.3 Å². The normalized spacial score (nSPS) is 18.2. The second-order valence-corrected chi connectivity index (χ2v) is 10.9. The first-order valence-electron chi connectivity index (χ1n) is 11.9. The number of methoxy groups -OCH3 is 2. The summed E-state index contributed by atoms with van der Waals surface area (Å²) >= 11 is 1.47. The van der Waals surface area contributed by atoms with E-state index in [1.807, 2.05) is 36.4 Å². The molecule has 1 aromatic heterocycles. The van der Waals surface area contributed by atoms with E-state index in [4.69, 9.17) is 14.5 Å². The molecule has 2 N–H and O–H groups in total. The Morgan fingerprint density at radius 3 is 2.56 bits per heavy atom. The van der Waals surface area contributed by atoms with Gasteiger partial charge >= 0.3 is 0 Å². The van der Waals surface area contributed by atoms with E-state index in [0.717, 1.165) is 11.3 Å². The summed E-state index contributed by atoms with van der Waals surface area (Å²) in [5.74, 6) is 1.77. The number of fused-ring (bicyclic) bond motifs is 1. The van der Waals surface area contributed by atoms with Crippen LogP contribution in [-0.2, 0) is 10.5 Å². The number of rotatable bonds is 6. The maximum Gasteiger partial charge on any atom is 0.257 e. The van der Waals surface area contributed by atoms with E-state index in [-0.39, 0.29) is 16.8 Å². The second-order valence-electron chi connectivity index (χ2n) is 9.91. The number of hydrogen-bond acceptors (Lipinski definition) is 7. The highest BCUT2D eigenvalue weighted by Gasteiger charge is 2.43. The molecule has 0 fully saturated rings. The first-order chi connectivity index (χ1) is 17.3. The molecule has 2 aromatic carbocycles.